The van der Waals surface area contributed by atoms with Crippen LogP contribution in [0.3, 0.4) is 0 Å². The maximum Gasteiger partial charge on any atom is 0.326 e. The number of rotatable bonds is 39. The van der Waals surface area contributed by atoms with E-state index in [0.717, 1.165) is 5.56 Å². The molecule has 0 heterocycles. The van der Waals surface area contributed by atoms with Crippen LogP contribution in [0.25, 0.3) is 0 Å². The summed E-state index contributed by atoms with van der Waals surface area (Å²) in [6.07, 6.45) is 3.79. The highest BCUT2D eigenvalue weighted by atomic mass is 16.4. The van der Waals surface area contributed by atoms with Crippen molar-refractivity contribution in [2.24, 2.45) is 40.7 Å². The highest BCUT2D eigenvalue weighted by molar-refractivity contribution is 5.98. The van der Waals surface area contributed by atoms with Gasteiger partial charge in [-0.1, -0.05) is 71.9 Å². The first kappa shape index (κ1) is 69.8. The van der Waals surface area contributed by atoms with Crippen molar-refractivity contribution in [1.82, 2.24) is 47.9 Å². The number of nitrogens with one attached hydrogen (secondary N) is 9. The Hall–Kier alpha value is -6.24. The minimum absolute atomic E-state index is 0.0431. The molecule has 0 saturated carbocycles. The van der Waals surface area contributed by atoms with Crippen LogP contribution < -0.4 is 70.8 Å². The summed E-state index contributed by atoms with van der Waals surface area (Å²) in [6, 6.07) is -2.36. The predicted molar refractivity (Wildman–Crippen MR) is 297 cm³/mol. The van der Waals surface area contributed by atoms with Gasteiger partial charge < -0.3 is 75.9 Å². The van der Waals surface area contributed by atoms with E-state index in [1.165, 1.54) is 20.8 Å². The number of nitrogens with two attached hydrogens (primary N) is 4. The number of carbonyl (C=O) groups excluding carboxylic acids is 9. The van der Waals surface area contributed by atoms with Crippen LogP contribution in [0.4, 0.5) is 0 Å². The normalized spacial score (nSPS) is 15.2. The summed E-state index contributed by atoms with van der Waals surface area (Å²) < 4.78 is 0. The van der Waals surface area contributed by atoms with Gasteiger partial charge in [-0.05, 0) is 147 Å². The van der Waals surface area contributed by atoms with E-state index in [4.69, 9.17) is 22.9 Å². The molecule has 0 fully saturated rings. The Kier molecular flexibility index (Phi) is 33.6. The van der Waals surface area contributed by atoms with Crippen LogP contribution in [0.15, 0.2) is 30.3 Å². The summed E-state index contributed by atoms with van der Waals surface area (Å²) in [5, 5.41) is 33.5. The molecule has 1 aromatic carbocycles. The molecule has 1 rings (SSSR count). The summed E-state index contributed by atoms with van der Waals surface area (Å²) in [4.78, 5) is 135. The predicted octanol–water partition coefficient (Wildman–Crippen LogP) is -0.411. The molecule has 0 unspecified atom stereocenters. The van der Waals surface area contributed by atoms with E-state index in [1.54, 1.807) is 13.8 Å². The molecule has 0 aromatic heterocycles. The largest absolute Gasteiger partial charge is 0.480 e. The van der Waals surface area contributed by atoms with Crippen molar-refractivity contribution < 1.29 is 53.1 Å². The Morgan fingerprint density at radius 1 is 0.385 bits per heavy atom. The van der Waals surface area contributed by atoms with Gasteiger partial charge in [0.05, 0.1) is 6.04 Å². The van der Waals surface area contributed by atoms with Crippen molar-refractivity contribution in [1.29, 1.82) is 0 Å². The minimum Gasteiger partial charge on any atom is -0.480 e. The molecule has 10 atom stereocenters. The Labute approximate surface area is 461 Å². The number of carbonyl (C=O) groups is 10. The quantitative estimate of drug-likeness (QED) is 0.0373. The standard InChI is InChI=1S/C54H95N13O11/c1-31(2)27-42(65-45(68)34(7)59-48(71)38(58)30-37-19-11-10-12-20-37)52(75)63-40(22-14-17-25-56)50(73)60-35(8)46(69)66-43(28-32(3)4)53(76)64-41(23-15-18-26-57)51(74)62-39(21-13-16-24-55)49(72)61-36(9)47(70)67-44(54(77)78)29-33(5)6/h10-12,19-20,31-36,38-44H,13-18,21-30,55-58H2,1-9H3,(H,59,71)(H,60,73)(H,61,72)(H,62,74)(H,63,75)(H,64,76)(H,65,68)(H,66,69)(H,67,70)(H,77,78)/t34-,35-,36-,38-,39-,40-,41-,42-,43-,44-/m0/s1. The molecule has 24 nitrogen and oxygen atoms in total. The highest BCUT2D eigenvalue weighted by Crippen LogP contribution is 2.13. The third-order valence-corrected chi connectivity index (χ3v) is 12.6. The lowest BCUT2D eigenvalue weighted by Crippen LogP contribution is -2.60. The molecule has 24 heteroatoms. The molecular weight excluding hydrogens is 1010 g/mol. The molecule has 0 spiro atoms. The van der Waals surface area contributed by atoms with Gasteiger partial charge in [-0.15, -0.1) is 0 Å². The first-order chi connectivity index (χ1) is 36.7. The monoisotopic (exact) mass is 1100 g/mol. The topological polar surface area (TPSA) is 403 Å². The number of carboxylic acids is 1. The van der Waals surface area contributed by atoms with Gasteiger partial charge in [0.15, 0.2) is 0 Å². The van der Waals surface area contributed by atoms with Gasteiger partial charge in [-0.25, -0.2) is 4.79 Å². The molecule has 0 radical (unpaired) electrons. The Morgan fingerprint density at radius 2 is 0.667 bits per heavy atom. The number of hydrogen-bond acceptors (Lipinski definition) is 14. The molecule has 0 bridgehead atoms. The van der Waals surface area contributed by atoms with E-state index in [-0.39, 0.29) is 62.7 Å². The fourth-order valence-electron chi connectivity index (χ4n) is 8.20. The van der Waals surface area contributed by atoms with Gasteiger partial charge in [0.25, 0.3) is 0 Å². The smallest absolute Gasteiger partial charge is 0.326 e. The number of hydrogen-bond donors (Lipinski definition) is 14. The number of amides is 9. The molecule has 0 saturated heterocycles. The second kappa shape index (κ2) is 37.6. The van der Waals surface area contributed by atoms with E-state index >= 15 is 0 Å². The Morgan fingerprint density at radius 3 is 0.987 bits per heavy atom. The van der Waals surface area contributed by atoms with Crippen LogP contribution >= 0.6 is 0 Å². The van der Waals surface area contributed by atoms with Crippen molar-refractivity contribution >= 4 is 59.1 Å². The van der Waals surface area contributed by atoms with Crippen LogP contribution in [0.2, 0.25) is 0 Å². The SMILES string of the molecule is CC(C)C[C@H](NC(=O)[C@H](C)NC(=O)[C@H](CCCCN)NC(=O)[C@H](CCCCN)NC(=O)[C@H](CC(C)C)NC(=O)[C@H](C)NC(=O)[C@H](CCCCN)NC(=O)[C@H](CC(C)C)NC(=O)[C@H](C)NC(=O)[C@@H](N)Cc1ccccc1)C(=O)O. The van der Waals surface area contributed by atoms with Gasteiger partial charge >= 0.3 is 5.97 Å². The molecule has 0 aliphatic heterocycles. The van der Waals surface area contributed by atoms with E-state index in [2.05, 4.69) is 47.9 Å². The summed E-state index contributed by atoms with van der Waals surface area (Å²) in [5.74, 6) is -7.76. The zero-order valence-corrected chi connectivity index (χ0v) is 47.5. The highest BCUT2D eigenvalue weighted by Gasteiger charge is 2.34. The molecular formula is C54H95N13O11. The number of aliphatic carboxylic acids is 1. The van der Waals surface area contributed by atoms with Crippen LogP contribution in [0.5, 0.6) is 0 Å². The maximum absolute atomic E-state index is 14.1. The zero-order valence-electron chi connectivity index (χ0n) is 47.5. The number of benzene rings is 1. The Bertz CT molecular complexity index is 2060. The van der Waals surface area contributed by atoms with Gasteiger partial charge in [-0.2, -0.15) is 0 Å². The molecule has 78 heavy (non-hydrogen) atoms. The summed E-state index contributed by atoms with van der Waals surface area (Å²) in [7, 11) is 0. The van der Waals surface area contributed by atoms with Gasteiger partial charge in [0, 0.05) is 0 Å². The fourth-order valence-corrected chi connectivity index (χ4v) is 8.20. The second-order valence-corrected chi connectivity index (χ2v) is 21.4. The first-order valence-electron chi connectivity index (χ1n) is 27.6. The van der Waals surface area contributed by atoms with Crippen molar-refractivity contribution in [3.63, 3.8) is 0 Å². The van der Waals surface area contributed by atoms with Crippen molar-refractivity contribution in [3.8, 4) is 0 Å². The first-order valence-corrected chi connectivity index (χ1v) is 27.6. The van der Waals surface area contributed by atoms with Gasteiger partial charge in [0.1, 0.15) is 54.4 Å². The lowest BCUT2D eigenvalue weighted by molar-refractivity contribution is -0.142. The average Bonchev–Trinajstić information content (AvgIpc) is 3.36. The molecule has 1 aromatic rings. The third kappa shape index (κ3) is 27.9. The maximum atomic E-state index is 14.1. The Balaban J connectivity index is 3.26. The van der Waals surface area contributed by atoms with Crippen LogP contribution in [0.1, 0.15) is 145 Å². The van der Waals surface area contributed by atoms with Crippen molar-refractivity contribution in [3.05, 3.63) is 35.9 Å². The average molecular weight is 1100 g/mol. The van der Waals surface area contributed by atoms with Gasteiger partial charge in [-0.3, -0.25) is 43.2 Å². The minimum atomic E-state index is -1.25. The van der Waals surface area contributed by atoms with E-state index in [9.17, 15) is 53.1 Å². The summed E-state index contributed by atoms with van der Waals surface area (Å²) in [6.45, 7) is 16.1. The molecule has 0 aliphatic rings. The van der Waals surface area contributed by atoms with Crippen LogP contribution in [-0.4, -0.2) is 144 Å². The third-order valence-electron chi connectivity index (χ3n) is 12.6. The molecule has 9 amide bonds. The number of carboxylic acid groups (broad SMARTS) is 1. The van der Waals surface area contributed by atoms with Crippen LogP contribution in [0, 0.1) is 17.8 Å². The molecule has 18 N–H and O–H groups in total. The van der Waals surface area contributed by atoms with E-state index in [0.29, 0.717) is 58.2 Å². The summed E-state index contributed by atoms with van der Waals surface area (Å²) in [5.41, 5.74) is 24.2. The number of unbranched alkanes of at least 4 members (excludes halogenated alkanes) is 3. The molecule has 0 aliphatic carbocycles. The zero-order chi connectivity index (χ0) is 59.1. The van der Waals surface area contributed by atoms with Crippen LogP contribution in [-0.2, 0) is 54.4 Å². The molecule has 442 valence electrons. The fraction of sp³-hybridized carbons (Fsp3) is 0.704. The van der Waals surface area contributed by atoms with Crippen molar-refractivity contribution in [2.45, 2.75) is 206 Å². The van der Waals surface area contributed by atoms with Crippen molar-refractivity contribution in [2.75, 3.05) is 19.6 Å². The van der Waals surface area contributed by atoms with E-state index < -0.39 is 120 Å². The lowest BCUT2D eigenvalue weighted by atomic mass is 10.0. The summed E-state index contributed by atoms with van der Waals surface area (Å²) >= 11 is 0. The van der Waals surface area contributed by atoms with Gasteiger partial charge in [0.2, 0.25) is 53.2 Å². The lowest BCUT2D eigenvalue weighted by Gasteiger charge is -2.28. The second-order valence-electron chi connectivity index (χ2n) is 21.4. The van der Waals surface area contributed by atoms with E-state index in [1.807, 2.05) is 58.0 Å².